The summed E-state index contributed by atoms with van der Waals surface area (Å²) < 4.78 is 0. The average Bonchev–Trinajstić information content (AvgIpc) is 3.24. The van der Waals surface area contributed by atoms with Crippen molar-refractivity contribution in [3.8, 4) is 0 Å². The van der Waals surface area contributed by atoms with Crippen molar-refractivity contribution in [1.82, 2.24) is 10.2 Å². The Labute approximate surface area is 124 Å². The van der Waals surface area contributed by atoms with E-state index in [4.69, 9.17) is 5.73 Å². The van der Waals surface area contributed by atoms with Crippen LogP contribution in [0.4, 0.5) is 0 Å². The lowest BCUT2D eigenvalue weighted by Crippen LogP contribution is -2.31. The van der Waals surface area contributed by atoms with Crippen LogP contribution in [0.2, 0.25) is 0 Å². The third-order valence-electron chi connectivity index (χ3n) is 4.59. The standard InChI is InChI=1S/C16H21N3O2/c1-18-15(20)11-7-5-10(6-8-11)14(17)13-9-19(13)16(21)12-3-2-4-12/h5-8,12-14H,2-4,9,17H2,1H3,(H,18,20). The number of carbonyl (C=O) groups excluding carboxylic acids is 2. The summed E-state index contributed by atoms with van der Waals surface area (Å²) in [4.78, 5) is 25.5. The molecule has 0 radical (unpaired) electrons. The van der Waals surface area contributed by atoms with E-state index >= 15 is 0 Å². The molecule has 112 valence electrons. The van der Waals surface area contributed by atoms with Gasteiger partial charge >= 0.3 is 0 Å². The second-order valence-electron chi connectivity index (χ2n) is 5.91. The van der Waals surface area contributed by atoms with Gasteiger partial charge in [-0.05, 0) is 30.5 Å². The van der Waals surface area contributed by atoms with E-state index in [0.29, 0.717) is 5.56 Å². The number of hydrogen-bond donors (Lipinski definition) is 2. The molecule has 21 heavy (non-hydrogen) atoms. The van der Waals surface area contributed by atoms with Crippen molar-refractivity contribution in [2.75, 3.05) is 13.6 Å². The third kappa shape index (κ3) is 2.65. The highest BCUT2D eigenvalue weighted by molar-refractivity contribution is 5.94. The lowest BCUT2D eigenvalue weighted by Gasteiger charge is -2.25. The van der Waals surface area contributed by atoms with Gasteiger partial charge in [0.15, 0.2) is 0 Å². The minimum absolute atomic E-state index is 0.108. The fraction of sp³-hybridized carbons (Fsp3) is 0.500. The zero-order chi connectivity index (χ0) is 15.0. The maximum atomic E-state index is 12.1. The lowest BCUT2D eigenvalue weighted by molar-refractivity contribution is -0.133. The van der Waals surface area contributed by atoms with Gasteiger partial charge in [0.05, 0.1) is 12.1 Å². The molecule has 5 heteroatoms. The number of rotatable bonds is 4. The quantitative estimate of drug-likeness (QED) is 0.813. The maximum Gasteiger partial charge on any atom is 0.251 e. The molecule has 2 aliphatic rings. The summed E-state index contributed by atoms with van der Waals surface area (Å²) in [5.74, 6) is 0.393. The smallest absolute Gasteiger partial charge is 0.251 e. The third-order valence-corrected chi connectivity index (χ3v) is 4.59. The number of nitrogens with two attached hydrogens (primary N) is 1. The summed E-state index contributed by atoms with van der Waals surface area (Å²) in [6, 6.07) is 7.24. The molecule has 2 amide bonds. The minimum atomic E-state index is -0.173. The monoisotopic (exact) mass is 287 g/mol. The maximum absolute atomic E-state index is 12.1. The van der Waals surface area contributed by atoms with Gasteiger partial charge in [-0.3, -0.25) is 9.59 Å². The van der Waals surface area contributed by atoms with Crippen LogP contribution in [0.25, 0.3) is 0 Å². The number of hydrogen-bond acceptors (Lipinski definition) is 3. The summed E-state index contributed by atoms with van der Waals surface area (Å²) in [5.41, 5.74) is 7.84. The highest BCUT2D eigenvalue weighted by atomic mass is 16.2. The molecule has 0 spiro atoms. The lowest BCUT2D eigenvalue weighted by atomic mass is 9.85. The Morgan fingerprint density at radius 2 is 1.95 bits per heavy atom. The summed E-state index contributed by atoms with van der Waals surface area (Å²) in [6.07, 6.45) is 3.22. The molecule has 1 aliphatic heterocycles. The zero-order valence-electron chi connectivity index (χ0n) is 12.2. The number of amides is 2. The first-order chi connectivity index (χ1) is 10.1. The first-order valence-corrected chi connectivity index (χ1v) is 7.50. The fourth-order valence-electron chi connectivity index (χ4n) is 2.83. The topological polar surface area (TPSA) is 75.2 Å². The Bertz CT molecular complexity index is 551. The molecule has 2 atom stereocenters. The van der Waals surface area contributed by atoms with Gasteiger partial charge in [0.1, 0.15) is 0 Å². The van der Waals surface area contributed by atoms with Gasteiger partial charge in [0.2, 0.25) is 5.91 Å². The van der Waals surface area contributed by atoms with Crippen molar-refractivity contribution in [2.45, 2.75) is 31.3 Å². The molecule has 1 saturated carbocycles. The minimum Gasteiger partial charge on any atom is -0.355 e. The average molecular weight is 287 g/mol. The Hall–Kier alpha value is -1.88. The molecule has 1 heterocycles. The van der Waals surface area contributed by atoms with Gasteiger partial charge in [-0.2, -0.15) is 0 Å². The van der Waals surface area contributed by atoms with Crippen LogP contribution in [0.5, 0.6) is 0 Å². The molecular formula is C16H21N3O2. The van der Waals surface area contributed by atoms with Crippen LogP contribution in [-0.4, -0.2) is 36.3 Å². The first-order valence-electron chi connectivity index (χ1n) is 7.50. The van der Waals surface area contributed by atoms with Crippen molar-refractivity contribution in [2.24, 2.45) is 11.7 Å². The first kappa shape index (κ1) is 14.1. The van der Waals surface area contributed by atoms with E-state index in [1.165, 1.54) is 6.42 Å². The molecule has 3 N–H and O–H groups in total. The van der Waals surface area contributed by atoms with Gasteiger partial charge < -0.3 is 16.0 Å². The van der Waals surface area contributed by atoms with Crippen LogP contribution in [0.3, 0.4) is 0 Å². The Kier molecular flexibility index (Phi) is 3.68. The van der Waals surface area contributed by atoms with E-state index < -0.39 is 0 Å². The molecule has 1 aromatic carbocycles. The van der Waals surface area contributed by atoms with Gasteiger partial charge in [0.25, 0.3) is 5.91 Å². The van der Waals surface area contributed by atoms with Crippen LogP contribution in [0.15, 0.2) is 24.3 Å². The van der Waals surface area contributed by atoms with Crippen LogP contribution in [0.1, 0.15) is 41.2 Å². The normalized spacial score (nSPS) is 22.4. The number of nitrogens with zero attached hydrogens (tertiary/aromatic N) is 1. The fourth-order valence-corrected chi connectivity index (χ4v) is 2.83. The van der Waals surface area contributed by atoms with E-state index in [1.807, 2.05) is 17.0 Å². The predicted octanol–water partition coefficient (Wildman–Crippen LogP) is 1.06. The van der Waals surface area contributed by atoms with Crippen molar-refractivity contribution < 1.29 is 9.59 Å². The number of nitrogens with one attached hydrogen (secondary N) is 1. The Morgan fingerprint density at radius 3 is 2.48 bits per heavy atom. The van der Waals surface area contributed by atoms with Crippen molar-refractivity contribution >= 4 is 11.8 Å². The number of carbonyl (C=O) groups is 2. The van der Waals surface area contributed by atoms with Crippen LogP contribution < -0.4 is 11.1 Å². The largest absolute Gasteiger partial charge is 0.355 e. The highest BCUT2D eigenvalue weighted by Gasteiger charge is 2.46. The van der Waals surface area contributed by atoms with Crippen molar-refractivity contribution in [1.29, 1.82) is 0 Å². The predicted molar refractivity (Wildman–Crippen MR) is 79.6 cm³/mol. The summed E-state index contributed by atoms with van der Waals surface area (Å²) >= 11 is 0. The summed E-state index contributed by atoms with van der Waals surface area (Å²) in [6.45, 7) is 0.758. The molecule has 1 aliphatic carbocycles. The van der Waals surface area contributed by atoms with Crippen molar-refractivity contribution in [3.63, 3.8) is 0 Å². The van der Waals surface area contributed by atoms with E-state index in [-0.39, 0.29) is 29.8 Å². The zero-order valence-corrected chi connectivity index (χ0v) is 12.2. The van der Waals surface area contributed by atoms with Gasteiger partial charge in [-0.1, -0.05) is 18.6 Å². The summed E-state index contributed by atoms with van der Waals surface area (Å²) in [7, 11) is 1.61. The van der Waals surface area contributed by atoms with Crippen LogP contribution >= 0.6 is 0 Å². The van der Waals surface area contributed by atoms with Crippen LogP contribution in [-0.2, 0) is 4.79 Å². The Balaban J connectivity index is 1.62. The van der Waals surface area contributed by atoms with E-state index in [2.05, 4.69) is 5.32 Å². The SMILES string of the molecule is CNC(=O)c1ccc(C(N)C2CN2C(=O)C2CCC2)cc1. The van der Waals surface area contributed by atoms with Gasteiger partial charge in [0, 0.05) is 25.1 Å². The van der Waals surface area contributed by atoms with Gasteiger partial charge in [-0.25, -0.2) is 0 Å². The van der Waals surface area contributed by atoms with Crippen LogP contribution in [0, 0.1) is 5.92 Å². The molecule has 2 unspecified atom stereocenters. The molecule has 0 bridgehead atoms. The molecule has 1 aromatic rings. The molecule has 2 fully saturated rings. The molecular weight excluding hydrogens is 266 g/mol. The second kappa shape index (κ2) is 5.48. The molecule has 5 nitrogen and oxygen atoms in total. The Morgan fingerprint density at radius 1 is 1.29 bits per heavy atom. The van der Waals surface area contributed by atoms with E-state index in [0.717, 1.165) is 24.9 Å². The number of benzene rings is 1. The highest BCUT2D eigenvalue weighted by Crippen LogP contribution is 2.36. The molecule has 3 rings (SSSR count). The molecule has 0 aromatic heterocycles. The van der Waals surface area contributed by atoms with E-state index in [1.54, 1.807) is 19.2 Å². The second-order valence-corrected chi connectivity index (χ2v) is 5.91. The van der Waals surface area contributed by atoms with Gasteiger partial charge in [-0.15, -0.1) is 0 Å². The van der Waals surface area contributed by atoms with Crippen molar-refractivity contribution in [3.05, 3.63) is 35.4 Å². The van der Waals surface area contributed by atoms with E-state index in [9.17, 15) is 9.59 Å². The molecule has 1 saturated heterocycles. The summed E-state index contributed by atoms with van der Waals surface area (Å²) in [5, 5.41) is 2.59.